The standard InChI is InChI=1S/C37H32N10O12S2/c48-14-12-47(13-15-49)37-41-35(38-23-4-8-25(9-5-23)43-45-27-17-21(33(50)51)16-22(18-27)34(52)53)40-36(42-37)39-24-6-10-26(11-7-24)44-46-28-19-30-29(32(20-28)61(57,58)59)2-1-3-31(30)60(54,55)56/h1-11,16-20,48-49H,12-15H2,(H,50,51)(H,52,53)(H,54,55,56)(H,57,58,59)(H2,38,39,40,41,42)/b45-43+,46-44+. The van der Waals surface area contributed by atoms with Gasteiger partial charge in [0.2, 0.25) is 17.8 Å². The maximum atomic E-state index is 12.2. The first-order chi connectivity index (χ1) is 29.0. The molecule has 24 heteroatoms. The molecule has 0 fully saturated rings. The van der Waals surface area contributed by atoms with E-state index >= 15 is 0 Å². The molecule has 0 unspecified atom stereocenters. The third kappa shape index (κ3) is 11.0. The molecular weight excluding hydrogens is 841 g/mol. The highest BCUT2D eigenvalue weighted by molar-refractivity contribution is 7.86. The van der Waals surface area contributed by atoms with Crippen molar-refractivity contribution in [3.05, 3.63) is 108 Å². The molecule has 8 N–H and O–H groups in total. The number of aliphatic hydroxyl groups is 2. The van der Waals surface area contributed by atoms with Crippen LogP contribution in [0.15, 0.2) is 127 Å². The molecule has 6 aromatic rings. The third-order valence-corrected chi connectivity index (χ3v) is 10.1. The maximum absolute atomic E-state index is 12.2. The molecule has 0 aliphatic heterocycles. The molecule has 1 heterocycles. The molecule has 5 aromatic carbocycles. The summed E-state index contributed by atoms with van der Waals surface area (Å²) in [6.07, 6.45) is 0. The monoisotopic (exact) mass is 872 g/mol. The molecule has 0 atom stereocenters. The number of carbonyl (C=O) groups is 2. The molecule has 0 aliphatic carbocycles. The number of hydrogen-bond donors (Lipinski definition) is 8. The van der Waals surface area contributed by atoms with Gasteiger partial charge in [-0.2, -0.15) is 52.2 Å². The number of azo groups is 2. The molecule has 314 valence electrons. The number of rotatable bonds is 17. The van der Waals surface area contributed by atoms with Crippen LogP contribution in [-0.4, -0.2) is 99.6 Å². The van der Waals surface area contributed by atoms with Crippen molar-refractivity contribution < 1.29 is 56.0 Å². The molecule has 0 aliphatic rings. The van der Waals surface area contributed by atoms with Gasteiger partial charge in [0.1, 0.15) is 9.79 Å². The van der Waals surface area contributed by atoms with Crippen molar-refractivity contribution >= 4 is 94.9 Å². The summed E-state index contributed by atoms with van der Waals surface area (Å²) in [5, 5.41) is 59.8. The van der Waals surface area contributed by atoms with Gasteiger partial charge in [0, 0.05) is 35.2 Å². The van der Waals surface area contributed by atoms with Crippen LogP contribution in [0.2, 0.25) is 0 Å². The van der Waals surface area contributed by atoms with Crippen LogP contribution < -0.4 is 15.5 Å². The predicted octanol–water partition coefficient (Wildman–Crippen LogP) is 6.02. The number of benzene rings is 5. The molecule has 0 amide bonds. The molecule has 1 aromatic heterocycles. The lowest BCUT2D eigenvalue weighted by Crippen LogP contribution is -2.31. The summed E-state index contributed by atoms with van der Waals surface area (Å²) >= 11 is 0. The first-order valence-electron chi connectivity index (χ1n) is 17.4. The van der Waals surface area contributed by atoms with E-state index in [0.717, 1.165) is 18.2 Å². The van der Waals surface area contributed by atoms with E-state index in [9.17, 15) is 56.0 Å². The second-order valence-electron chi connectivity index (χ2n) is 12.6. The van der Waals surface area contributed by atoms with Gasteiger partial charge >= 0.3 is 11.9 Å². The van der Waals surface area contributed by atoms with E-state index in [2.05, 4.69) is 46.0 Å². The highest BCUT2D eigenvalue weighted by atomic mass is 32.2. The van der Waals surface area contributed by atoms with E-state index in [1.165, 1.54) is 47.4 Å². The Morgan fingerprint density at radius 2 is 1.02 bits per heavy atom. The normalized spacial score (nSPS) is 11.9. The van der Waals surface area contributed by atoms with Gasteiger partial charge < -0.3 is 36.0 Å². The summed E-state index contributed by atoms with van der Waals surface area (Å²) in [7, 11) is -9.65. The zero-order valence-electron chi connectivity index (χ0n) is 31.1. The molecule has 0 spiro atoms. The SMILES string of the molecule is O=C(O)c1cc(/N=N/c2ccc(Nc3nc(Nc4ccc(/N=N/c5cc(S(=O)(=O)O)c6cccc(S(=O)(=O)O)c6c5)cc4)nc(N(CCO)CCO)n3)cc2)cc(C(=O)O)c1. The molecule has 22 nitrogen and oxygen atoms in total. The Kier molecular flexibility index (Phi) is 13.0. The van der Waals surface area contributed by atoms with Crippen LogP contribution in [-0.2, 0) is 20.2 Å². The second-order valence-corrected chi connectivity index (χ2v) is 15.4. The van der Waals surface area contributed by atoms with Crippen molar-refractivity contribution in [1.29, 1.82) is 0 Å². The minimum atomic E-state index is -4.86. The molecule has 0 saturated heterocycles. The fraction of sp³-hybridized carbons (Fsp3) is 0.108. The number of carboxylic acids is 2. The summed E-state index contributed by atoms with van der Waals surface area (Å²) in [6.45, 7) is -0.405. The minimum absolute atomic E-state index is 0.0172. The fourth-order valence-corrected chi connectivity index (χ4v) is 7.03. The predicted molar refractivity (Wildman–Crippen MR) is 218 cm³/mol. The van der Waals surface area contributed by atoms with Crippen molar-refractivity contribution in [2.45, 2.75) is 9.79 Å². The number of nitrogens with one attached hydrogen (secondary N) is 2. The van der Waals surface area contributed by atoms with E-state index in [1.807, 2.05) is 0 Å². The van der Waals surface area contributed by atoms with Gasteiger partial charge in [-0.05, 0) is 84.9 Å². The van der Waals surface area contributed by atoms with Gasteiger partial charge in [0.25, 0.3) is 20.2 Å². The van der Waals surface area contributed by atoms with Gasteiger partial charge in [-0.15, -0.1) is 0 Å². The Balaban J connectivity index is 1.23. The van der Waals surface area contributed by atoms with Crippen molar-refractivity contribution in [1.82, 2.24) is 15.0 Å². The Hall–Kier alpha value is -7.35. The highest BCUT2D eigenvalue weighted by Crippen LogP contribution is 2.34. The zero-order valence-corrected chi connectivity index (χ0v) is 32.7. The van der Waals surface area contributed by atoms with Crippen molar-refractivity contribution in [3.63, 3.8) is 0 Å². The van der Waals surface area contributed by atoms with E-state index in [0.29, 0.717) is 17.1 Å². The average molecular weight is 873 g/mol. The number of aliphatic hydroxyl groups excluding tert-OH is 2. The number of fused-ring (bicyclic) bond motifs is 1. The molecular formula is C37H32N10O12S2. The number of aromatic carboxylic acids is 2. The summed E-state index contributed by atoms with van der Waals surface area (Å²) in [5.74, 6) is -2.46. The topological polar surface area (TPSA) is 339 Å². The minimum Gasteiger partial charge on any atom is -0.478 e. The first kappa shape index (κ1) is 43.2. The lowest BCUT2D eigenvalue weighted by Gasteiger charge is -2.21. The number of carboxylic acid groups (broad SMARTS) is 2. The summed E-state index contributed by atoms with van der Waals surface area (Å²) in [5.41, 5.74) is 0.875. The van der Waals surface area contributed by atoms with Gasteiger partial charge in [0.15, 0.2) is 0 Å². The van der Waals surface area contributed by atoms with Crippen molar-refractivity contribution in [2.24, 2.45) is 20.5 Å². The van der Waals surface area contributed by atoms with Gasteiger partial charge in [-0.3, -0.25) is 9.11 Å². The largest absolute Gasteiger partial charge is 0.478 e. The number of anilines is 5. The van der Waals surface area contributed by atoms with Crippen LogP contribution in [0.1, 0.15) is 20.7 Å². The zero-order chi connectivity index (χ0) is 43.9. The van der Waals surface area contributed by atoms with Gasteiger partial charge in [-0.1, -0.05) is 12.1 Å². The van der Waals surface area contributed by atoms with Crippen LogP contribution in [0.3, 0.4) is 0 Å². The molecule has 0 bridgehead atoms. The van der Waals surface area contributed by atoms with Crippen LogP contribution in [0.5, 0.6) is 0 Å². The maximum Gasteiger partial charge on any atom is 0.335 e. The first-order valence-corrected chi connectivity index (χ1v) is 20.3. The Bertz CT molecular complexity index is 2880. The van der Waals surface area contributed by atoms with Crippen LogP contribution in [0.25, 0.3) is 10.8 Å². The Labute approximate surface area is 345 Å². The molecule has 61 heavy (non-hydrogen) atoms. The number of aromatic nitrogens is 3. The van der Waals surface area contributed by atoms with E-state index in [4.69, 9.17) is 0 Å². The number of hydrogen-bond acceptors (Lipinski definition) is 18. The quantitative estimate of drug-likeness (QED) is 0.0383. The summed E-state index contributed by atoms with van der Waals surface area (Å²) < 4.78 is 67.9. The van der Waals surface area contributed by atoms with E-state index in [1.54, 1.807) is 36.4 Å². The lowest BCUT2D eigenvalue weighted by atomic mass is 10.1. The Morgan fingerprint density at radius 3 is 1.46 bits per heavy atom. The van der Waals surface area contributed by atoms with E-state index < -0.39 is 42.0 Å². The van der Waals surface area contributed by atoms with Crippen molar-refractivity contribution in [3.8, 4) is 0 Å². The van der Waals surface area contributed by atoms with Gasteiger partial charge in [-0.25, -0.2) is 9.59 Å². The molecule has 6 rings (SSSR count). The highest BCUT2D eigenvalue weighted by Gasteiger charge is 2.21. The molecule has 0 radical (unpaired) electrons. The Morgan fingerprint density at radius 1 is 0.557 bits per heavy atom. The number of nitrogens with zero attached hydrogens (tertiary/aromatic N) is 8. The second kappa shape index (κ2) is 18.3. The van der Waals surface area contributed by atoms with E-state index in [-0.39, 0.29) is 83.1 Å². The average Bonchev–Trinajstić information content (AvgIpc) is 3.21. The van der Waals surface area contributed by atoms with Crippen LogP contribution >= 0.6 is 0 Å². The molecule has 0 saturated carbocycles. The van der Waals surface area contributed by atoms with Gasteiger partial charge in [0.05, 0.1) is 47.1 Å². The van der Waals surface area contributed by atoms with Crippen LogP contribution in [0, 0.1) is 0 Å². The van der Waals surface area contributed by atoms with Crippen LogP contribution in [0.4, 0.5) is 52.0 Å². The smallest absolute Gasteiger partial charge is 0.335 e. The summed E-state index contributed by atoms with van der Waals surface area (Å²) in [6, 6.07) is 21.7. The fourth-order valence-electron chi connectivity index (χ4n) is 5.60. The summed E-state index contributed by atoms with van der Waals surface area (Å²) in [4.78, 5) is 36.5. The third-order valence-electron chi connectivity index (χ3n) is 8.33. The van der Waals surface area contributed by atoms with Crippen molar-refractivity contribution in [2.75, 3.05) is 41.8 Å². The lowest BCUT2D eigenvalue weighted by molar-refractivity contribution is 0.0696.